The minimum Gasteiger partial charge on any atom is -0.496 e. The Morgan fingerprint density at radius 2 is 1.72 bits per heavy atom. The first-order valence-electron chi connectivity index (χ1n) is 6.28. The standard InChI is InChI=1S/C16H17NO/c1-18-16-5-3-2-4-13(16)11-6-8-12(9-7-11)14-10-15(14)17/h2-9,14-15H,10,17H2,1H3/t14-,15+/m0/s1. The molecule has 1 aliphatic rings. The van der Waals surface area contributed by atoms with Crippen LogP contribution < -0.4 is 10.5 Å². The van der Waals surface area contributed by atoms with Gasteiger partial charge in [0.2, 0.25) is 0 Å². The van der Waals surface area contributed by atoms with Crippen molar-refractivity contribution >= 4 is 0 Å². The Morgan fingerprint density at radius 1 is 1.06 bits per heavy atom. The maximum absolute atomic E-state index is 5.87. The molecule has 1 fully saturated rings. The van der Waals surface area contributed by atoms with Gasteiger partial charge in [-0.15, -0.1) is 0 Å². The van der Waals surface area contributed by atoms with E-state index in [1.807, 2.05) is 18.2 Å². The van der Waals surface area contributed by atoms with Crippen molar-refractivity contribution in [1.29, 1.82) is 0 Å². The number of hydrogen-bond acceptors (Lipinski definition) is 2. The lowest BCUT2D eigenvalue weighted by Crippen LogP contribution is -2.00. The molecule has 0 saturated heterocycles. The molecule has 2 nitrogen and oxygen atoms in total. The predicted octanol–water partition coefficient (Wildman–Crippen LogP) is 3.18. The number of ether oxygens (including phenoxy) is 1. The highest BCUT2D eigenvalue weighted by molar-refractivity contribution is 5.70. The Kier molecular flexibility index (Phi) is 2.80. The number of rotatable bonds is 3. The van der Waals surface area contributed by atoms with E-state index in [2.05, 4.69) is 30.3 Å². The third-order valence-corrected chi connectivity index (χ3v) is 3.60. The van der Waals surface area contributed by atoms with Crippen LogP contribution in [0.5, 0.6) is 5.75 Å². The van der Waals surface area contributed by atoms with Gasteiger partial charge < -0.3 is 10.5 Å². The Bertz CT molecular complexity index is 547. The number of nitrogens with two attached hydrogens (primary N) is 1. The lowest BCUT2D eigenvalue weighted by molar-refractivity contribution is 0.416. The van der Waals surface area contributed by atoms with Crippen LogP contribution in [0.3, 0.4) is 0 Å². The second kappa shape index (κ2) is 4.46. The molecular weight excluding hydrogens is 222 g/mol. The van der Waals surface area contributed by atoms with Crippen LogP contribution in [0.15, 0.2) is 48.5 Å². The predicted molar refractivity (Wildman–Crippen MR) is 73.8 cm³/mol. The molecule has 2 N–H and O–H groups in total. The first-order valence-corrected chi connectivity index (χ1v) is 6.28. The van der Waals surface area contributed by atoms with Crippen molar-refractivity contribution in [2.24, 2.45) is 5.73 Å². The zero-order valence-corrected chi connectivity index (χ0v) is 10.5. The molecule has 0 aliphatic heterocycles. The average molecular weight is 239 g/mol. The summed E-state index contributed by atoms with van der Waals surface area (Å²) in [6, 6.07) is 17.1. The minimum absolute atomic E-state index is 0.363. The van der Waals surface area contributed by atoms with Crippen molar-refractivity contribution in [2.75, 3.05) is 7.11 Å². The number of hydrogen-bond donors (Lipinski definition) is 1. The zero-order chi connectivity index (χ0) is 12.5. The third-order valence-electron chi connectivity index (χ3n) is 3.60. The van der Waals surface area contributed by atoms with E-state index in [0.717, 1.165) is 17.7 Å². The van der Waals surface area contributed by atoms with Crippen LogP contribution in [0, 0.1) is 0 Å². The summed E-state index contributed by atoms with van der Waals surface area (Å²) >= 11 is 0. The smallest absolute Gasteiger partial charge is 0.126 e. The molecule has 0 bridgehead atoms. The number of benzene rings is 2. The molecule has 0 unspecified atom stereocenters. The van der Waals surface area contributed by atoms with E-state index in [-0.39, 0.29) is 0 Å². The first kappa shape index (κ1) is 11.3. The van der Waals surface area contributed by atoms with Crippen molar-refractivity contribution in [1.82, 2.24) is 0 Å². The molecule has 2 aromatic rings. The summed E-state index contributed by atoms with van der Waals surface area (Å²) in [4.78, 5) is 0. The lowest BCUT2D eigenvalue weighted by Gasteiger charge is -2.09. The molecule has 92 valence electrons. The maximum Gasteiger partial charge on any atom is 0.126 e. The van der Waals surface area contributed by atoms with E-state index in [0.29, 0.717) is 12.0 Å². The normalized spacial score (nSPS) is 21.7. The van der Waals surface area contributed by atoms with E-state index >= 15 is 0 Å². The molecule has 0 radical (unpaired) electrons. The van der Waals surface area contributed by atoms with Crippen molar-refractivity contribution in [3.05, 3.63) is 54.1 Å². The molecule has 2 heteroatoms. The fourth-order valence-electron chi connectivity index (χ4n) is 2.39. The highest BCUT2D eigenvalue weighted by Gasteiger charge is 2.34. The molecule has 18 heavy (non-hydrogen) atoms. The van der Waals surface area contributed by atoms with Gasteiger partial charge in [-0.05, 0) is 23.6 Å². The summed E-state index contributed by atoms with van der Waals surface area (Å²) in [7, 11) is 1.70. The molecule has 3 rings (SSSR count). The van der Waals surface area contributed by atoms with Crippen molar-refractivity contribution in [2.45, 2.75) is 18.4 Å². The zero-order valence-electron chi connectivity index (χ0n) is 10.5. The second-order valence-electron chi connectivity index (χ2n) is 4.83. The fourth-order valence-corrected chi connectivity index (χ4v) is 2.39. The molecular formula is C16H17NO. The van der Waals surface area contributed by atoms with E-state index in [1.54, 1.807) is 7.11 Å². The molecule has 1 saturated carbocycles. The van der Waals surface area contributed by atoms with Crippen LogP contribution in [0.1, 0.15) is 17.9 Å². The van der Waals surface area contributed by atoms with Gasteiger partial charge in [-0.3, -0.25) is 0 Å². The van der Waals surface area contributed by atoms with Crippen molar-refractivity contribution in [3.8, 4) is 16.9 Å². The Balaban J connectivity index is 1.92. The lowest BCUT2D eigenvalue weighted by atomic mass is 10.0. The van der Waals surface area contributed by atoms with E-state index in [9.17, 15) is 0 Å². The maximum atomic E-state index is 5.87. The Hall–Kier alpha value is -1.80. The minimum atomic E-state index is 0.363. The van der Waals surface area contributed by atoms with Crippen LogP contribution in [-0.4, -0.2) is 13.2 Å². The van der Waals surface area contributed by atoms with Crippen LogP contribution in [-0.2, 0) is 0 Å². The van der Waals surface area contributed by atoms with Gasteiger partial charge in [0.05, 0.1) is 7.11 Å². The third kappa shape index (κ3) is 2.00. The molecule has 0 aromatic heterocycles. The van der Waals surface area contributed by atoms with Gasteiger partial charge in [-0.1, -0.05) is 42.5 Å². The van der Waals surface area contributed by atoms with Gasteiger partial charge in [0.15, 0.2) is 0 Å². The SMILES string of the molecule is COc1ccccc1-c1ccc([C@@H]2C[C@H]2N)cc1. The Labute approximate surface area is 107 Å². The monoisotopic (exact) mass is 239 g/mol. The van der Waals surface area contributed by atoms with Gasteiger partial charge >= 0.3 is 0 Å². The summed E-state index contributed by atoms with van der Waals surface area (Å²) < 4.78 is 5.39. The van der Waals surface area contributed by atoms with Gasteiger partial charge in [-0.25, -0.2) is 0 Å². The first-order chi connectivity index (χ1) is 8.79. The van der Waals surface area contributed by atoms with E-state index in [1.165, 1.54) is 11.1 Å². The van der Waals surface area contributed by atoms with Crippen LogP contribution in [0.25, 0.3) is 11.1 Å². The van der Waals surface area contributed by atoms with Crippen molar-refractivity contribution < 1.29 is 4.74 Å². The van der Waals surface area contributed by atoms with Crippen molar-refractivity contribution in [3.63, 3.8) is 0 Å². The molecule has 0 heterocycles. The highest BCUT2D eigenvalue weighted by Crippen LogP contribution is 2.40. The van der Waals surface area contributed by atoms with E-state index < -0.39 is 0 Å². The largest absolute Gasteiger partial charge is 0.496 e. The molecule has 2 atom stereocenters. The fraction of sp³-hybridized carbons (Fsp3) is 0.250. The number of para-hydroxylation sites is 1. The van der Waals surface area contributed by atoms with Gasteiger partial charge in [0.25, 0.3) is 0 Å². The second-order valence-corrected chi connectivity index (χ2v) is 4.83. The quantitative estimate of drug-likeness (QED) is 0.892. The summed E-state index contributed by atoms with van der Waals surface area (Å²) in [6.07, 6.45) is 1.12. The van der Waals surface area contributed by atoms with Gasteiger partial charge in [0, 0.05) is 17.5 Å². The summed E-state index contributed by atoms with van der Waals surface area (Å²) in [5.41, 5.74) is 9.54. The summed E-state index contributed by atoms with van der Waals surface area (Å²) in [5.74, 6) is 1.48. The number of methoxy groups -OCH3 is 1. The van der Waals surface area contributed by atoms with E-state index in [4.69, 9.17) is 10.5 Å². The van der Waals surface area contributed by atoms with Gasteiger partial charge in [0.1, 0.15) is 5.75 Å². The van der Waals surface area contributed by atoms with Gasteiger partial charge in [-0.2, -0.15) is 0 Å². The molecule has 0 spiro atoms. The molecule has 2 aromatic carbocycles. The Morgan fingerprint density at radius 3 is 2.33 bits per heavy atom. The van der Waals surface area contributed by atoms with Crippen LogP contribution in [0.4, 0.5) is 0 Å². The topological polar surface area (TPSA) is 35.2 Å². The highest BCUT2D eigenvalue weighted by atomic mass is 16.5. The average Bonchev–Trinajstić information content (AvgIpc) is 3.16. The molecule has 0 amide bonds. The van der Waals surface area contributed by atoms with Crippen LogP contribution >= 0.6 is 0 Å². The van der Waals surface area contributed by atoms with Crippen LogP contribution in [0.2, 0.25) is 0 Å². The molecule has 1 aliphatic carbocycles. The summed E-state index contributed by atoms with van der Waals surface area (Å²) in [6.45, 7) is 0. The summed E-state index contributed by atoms with van der Waals surface area (Å²) in [5, 5.41) is 0.